The number of benzene rings is 1. The molecule has 3 rings (SSSR count). The third-order valence-corrected chi connectivity index (χ3v) is 4.60. The number of hydrogen-bond acceptors (Lipinski definition) is 6. The Bertz CT molecular complexity index is 974. The molecule has 0 bridgehead atoms. The minimum Gasteiger partial charge on any atom is -0.466 e. The lowest BCUT2D eigenvalue weighted by Crippen LogP contribution is -2.24. The molecule has 2 heterocycles. The van der Waals surface area contributed by atoms with E-state index in [1.807, 2.05) is 0 Å². The van der Waals surface area contributed by atoms with Crippen LogP contribution in [-0.2, 0) is 23.0 Å². The van der Waals surface area contributed by atoms with Gasteiger partial charge in [0.05, 0.1) is 23.3 Å². The van der Waals surface area contributed by atoms with Crippen LogP contribution in [0.3, 0.4) is 0 Å². The number of ether oxygens (including phenoxy) is 1. The molecule has 1 aliphatic heterocycles. The number of aryl methyl sites for hydroxylation is 1. The summed E-state index contributed by atoms with van der Waals surface area (Å²) in [7, 11) is 3.12. The first kappa shape index (κ1) is 18.4. The smallest absolute Gasteiger partial charge is 0.336 e. The first-order chi connectivity index (χ1) is 12.9. The minimum absolute atomic E-state index is 0.0383. The summed E-state index contributed by atoms with van der Waals surface area (Å²) in [5.41, 5.74) is 3.17. The number of non-ortho nitro benzene ring substituents is 1. The Hall–Kier alpha value is -3.42. The number of esters is 1. The molecule has 1 N–H and O–H groups in total. The van der Waals surface area contributed by atoms with Crippen molar-refractivity contribution in [3.05, 3.63) is 75.1 Å². The number of aromatic nitrogens is 2. The van der Waals surface area contributed by atoms with Gasteiger partial charge in [0.25, 0.3) is 5.69 Å². The van der Waals surface area contributed by atoms with Crippen molar-refractivity contribution in [1.29, 1.82) is 0 Å². The summed E-state index contributed by atoms with van der Waals surface area (Å²) in [4.78, 5) is 23.4. The lowest BCUT2D eigenvalue weighted by molar-refractivity contribution is -0.384. The van der Waals surface area contributed by atoms with Crippen LogP contribution in [0.2, 0.25) is 0 Å². The van der Waals surface area contributed by atoms with Crippen molar-refractivity contribution in [3.8, 4) is 0 Å². The highest BCUT2D eigenvalue weighted by Gasteiger charge is 2.37. The highest BCUT2D eigenvalue weighted by Crippen LogP contribution is 2.44. The van der Waals surface area contributed by atoms with E-state index in [2.05, 4.69) is 17.0 Å². The number of allylic oxidation sites excluding steroid dienone is 2. The minimum atomic E-state index is -0.530. The number of carbonyl (C=O) groups is 1. The fraction of sp³-hybridized carbons (Fsp3) is 0.263. The zero-order valence-corrected chi connectivity index (χ0v) is 15.4. The maximum Gasteiger partial charge on any atom is 0.336 e. The Kier molecular flexibility index (Phi) is 4.81. The molecule has 0 radical (unpaired) electrons. The fourth-order valence-corrected chi connectivity index (χ4v) is 3.47. The van der Waals surface area contributed by atoms with E-state index < -0.39 is 16.8 Å². The summed E-state index contributed by atoms with van der Waals surface area (Å²) in [6.45, 7) is 5.55. The van der Waals surface area contributed by atoms with E-state index in [0.29, 0.717) is 23.3 Å². The van der Waals surface area contributed by atoms with Crippen LogP contribution in [0, 0.1) is 10.1 Å². The van der Waals surface area contributed by atoms with Crippen molar-refractivity contribution in [3.63, 3.8) is 0 Å². The maximum absolute atomic E-state index is 12.6. The Morgan fingerprint density at radius 2 is 2.26 bits per heavy atom. The van der Waals surface area contributed by atoms with Crippen LogP contribution in [0.1, 0.15) is 29.7 Å². The van der Waals surface area contributed by atoms with E-state index in [0.717, 1.165) is 17.1 Å². The molecule has 2 aromatic rings. The Balaban J connectivity index is 2.30. The van der Waals surface area contributed by atoms with Gasteiger partial charge in [0.2, 0.25) is 0 Å². The molecular formula is C19H20N4O4. The van der Waals surface area contributed by atoms with Gasteiger partial charge in [-0.1, -0.05) is 18.2 Å². The number of carbonyl (C=O) groups excluding carboxylic acids is 1. The SMILES string of the molecule is C=CCc1nn(C)c2c1C(c1cccc([N+](=O)[O-])c1)C(C(=O)OC)=C(C)N2. The first-order valence-corrected chi connectivity index (χ1v) is 8.36. The molecule has 1 aromatic carbocycles. The van der Waals surface area contributed by atoms with Gasteiger partial charge >= 0.3 is 5.97 Å². The van der Waals surface area contributed by atoms with E-state index in [1.54, 1.807) is 36.9 Å². The summed E-state index contributed by atoms with van der Waals surface area (Å²) in [5.74, 6) is -0.277. The molecule has 8 nitrogen and oxygen atoms in total. The molecule has 0 aliphatic carbocycles. The average Bonchev–Trinajstić information content (AvgIpc) is 2.95. The van der Waals surface area contributed by atoms with Gasteiger partial charge in [-0.3, -0.25) is 14.8 Å². The van der Waals surface area contributed by atoms with Crippen molar-refractivity contribution < 1.29 is 14.5 Å². The van der Waals surface area contributed by atoms with E-state index in [-0.39, 0.29) is 5.69 Å². The van der Waals surface area contributed by atoms with Crippen molar-refractivity contribution in [2.75, 3.05) is 12.4 Å². The average molecular weight is 368 g/mol. The zero-order valence-electron chi connectivity index (χ0n) is 15.4. The van der Waals surface area contributed by atoms with E-state index >= 15 is 0 Å². The van der Waals surface area contributed by atoms with Crippen molar-refractivity contribution in [2.24, 2.45) is 7.05 Å². The molecule has 0 spiro atoms. The number of nitrogens with zero attached hydrogens (tertiary/aromatic N) is 3. The normalized spacial score (nSPS) is 15.7. The highest BCUT2D eigenvalue weighted by molar-refractivity contribution is 5.94. The molecule has 0 saturated carbocycles. The lowest BCUT2D eigenvalue weighted by Gasteiger charge is -2.28. The Morgan fingerprint density at radius 3 is 2.89 bits per heavy atom. The highest BCUT2D eigenvalue weighted by atomic mass is 16.6. The van der Waals surface area contributed by atoms with Gasteiger partial charge in [-0.15, -0.1) is 6.58 Å². The summed E-state index contributed by atoms with van der Waals surface area (Å²) < 4.78 is 6.70. The van der Waals surface area contributed by atoms with Crippen LogP contribution in [0.15, 0.2) is 48.2 Å². The van der Waals surface area contributed by atoms with Crippen molar-refractivity contribution in [2.45, 2.75) is 19.3 Å². The number of fused-ring (bicyclic) bond motifs is 1. The number of nitro groups is 1. The number of nitro benzene ring substituents is 1. The van der Waals surface area contributed by atoms with E-state index in [9.17, 15) is 14.9 Å². The summed E-state index contributed by atoms with van der Waals surface area (Å²) >= 11 is 0. The summed E-state index contributed by atoms with van der Waals surface area (Å²) in [6, 6.07) is 6.30. The quantitative estimate of drug-likeness (QED) is 0.377. The predicted molar refractivity (Wildman–Crippen MR) is 100 cm³/mol. The lowest BCUT2D eigenvalue weighted by atomic mass is 9.81. The van der Waals surface area contributed by atoms with Crippen molar-refractivity contribution in [1.82, 2.24) is 9.78 Å². The maximum atomic E-state index is 12.6. The molecule has 1 atom stereocenters. The number of hydrogen-bond donors (Lipinski definition) is 1. The third-order valence-electron chi connectivity index (χ3n) is 4.60. The van der Waals surface area contributed by atoms with Gasteiger partial charge in [0.1, 0.15) is 5.82 Å². The number of anilines is 1. The van der Waals surface area contributed by atoms with Crippen LogP contribution < -0.4 is 5.32 Å². The number of rotatable bonds is 5. The number of methoxy groups -OCH3 is 1. The zero-order chi connectivity index (χ0) is 19.7. The molecule has 0 saturated heterocycles. The van der Waals surface area contributed by atoms with Gasteiger partial charge in [0, 0.05) is 42.8 Å². The van der Waals surface area contributed by atoms with E-state index in [4.69, 9.17) is 4.74 Å². The Morgan fingerprint density at radius 1 is 1.52 bits per heavy atom. The second kappa shape index (κ2) is 7.06. The second-order valence-corrected chi connectivity index (χ2v) is 6.27. The van der Waals surface area contributed by atoms with Crippen LogP contribution >= 0.6 is 0 Å². The first-order valence-electron chi connectivity index (χ1n) is 8.36. The second-order valence-electron chi connectivity index (χ2n) is 6.27. The largest absolute Gasteiger partial charge is 0.466 e. The Labute approximate surface area is 156 Å². The summed E-state index contributed by atoms with van der Waals surface area (Å²) in [5, 5.41) is 19.0. The topological polar surface area (TPSA) is 99.3 Å². The molecule has 0 fully saturated rings. The molecule has 8 heteroatoms. The molecule has 1 unspecified atom stereocenters. The van der Waals surface area contributed by atoms with Gasteiger partial charge in [-0.25, -0.2) is 4.79 Å². The molecule has 1 aliphatic rings. The van der Waals surface area contributed by atoms with Crippen LogP contribution in [0.4, 0.5) is 11.5 Å². The predicted octanol–water partition coefficient (Wildman–Crippen LogP) is 3.06. The third kappa shape index (κ3) is 3.10. The molecule has 0 amide bonds. The molecule has 1 aromatic heterocycles. The monoisotopic (exact) mass is 368 g/mol. The van der Waals surface area contributed by atoms with Gasteiger partial charge in [-0.2, -0.15) is 5.10 Å². The van der Waals surface area contributed by atoms with Crippen LogP contribution in [0.5, 0.6) is 0 Å². The standard InChI is InChI=1S/C19H20N4O4/c1-5-7-14-17-16(12-8-6-9-13(10-12)23(25)26)15(19(24)27-4)11(2)20-18(17)22(3)21-14/h5-6,8-10,16,20H,1,7H2,2-4H3. The van der Waals surface area contributed by atoms with E-state index in [1.165, 1.54) is 19.2 Å². The van der Waals surface area contributed by atoms with Gasteiger partial charge < -0.3 is 10.1 Å². The van der Waals surface area contributed by atoms with Gasteiger partial charge in [-0.05, 0) is 12.5 Å². The van der Waals surface area contributed by atoms with Gasteiger partial charge in [0.15, 0.2) is 0 Å². The number of nitrogens with one attached hydrogen (secondary N) is 1. The van der Waals surface area contributed by atoms with Crippen LogP contribution in [0.25, 0.3) is 0 Å². The molecular weight excluding hydrogens is 348 g/mol. The van der Waals surface area contributed by atoms with Crippen molar-refractivity contribution >= 4 is 17.5 Å². The molecule has 27 heavy (non-hydrogen) atoms. The van der Waals surface area contributed by atoms with Crippen LogP contribution in [-0.4, -0.2) is 27.8 Å². The summed E-state index contributed by atoms with van der Waals surface area (Å²) in [6.07, 6.45) is 2.24. The molecule has 140 valence electrons. The fourth-order valence-electron chi connectivity index (χ4n) is 3.47.